The Morgan fingerprint density at radius 3 is 2.57 bits per heavy atom. The summed E-state index contributed by atoms with van der Waals surface area (Å²) in [5.41, 5.74) is 1.25. The Labute approximate surface area is 127 Å². The molecule has 0 bridgehead atoms. The minimum atomic E-state index is 0.00385. The van der Waals surface area contributed by atoms with Crippen LogP contribution in [0.4, 0.5) is 0 Å². The molecule has 0 radical (unpaired) electrons. The standard InChI is InChI=1S/C14H17N5OS/c1-11-16-13(21-17-11)14(20)19-8-6-18(7-9-19)10-12-2-4-15-5-3-12/h2-5H,6-10H2,1H3. The average Bonchev–Trinajstić information content (AvgIpc) is 2.95. The van der Waals surface area contributed by atoms with Gasteiger partial charge in [-0.3, -0.25) is 14.7 Å². The molecular formula is C14H17N5OS. The van der Waals surface area contributed by atoms with Gasteiger partial charge in [-0.05, 0) is 36.2 Å². The normalized spacial score (nSPS) is 16.1. The molecule has 0 atom stereocenters. The van der Waals surface area contributed by atoms with Crippen LogP contribution in [0.15, 0.2) is 24.5 Å². The van der Waals surface area contributed by atoms with Crippen molar-refractivity contribution in [3.05, 3.63) is 40.9 Å². The molecule has 0 spiro atoms. The van der Waals surface area contributed by atoms with Crippen molar-refractivity contribution in [1.82, 2.24) is 24.1 Å². The highest BCUT2D eigenvalue weighted by Gasteiger charge is 2.24. The summed E-state index contributed by atoms with van der Waals surface area (Å²) in [6.45, 7) is 5.95. The lowest BCUT2D eigenvalue weighted by Crippen LogP contribution is -2.48. The molecule has 1 amide bonds. The zero-order valence-corrected chi connectivity index (χ0v) is 12.7. The number of amides is 1. The summed E-state index contributed by atoms with van der Waals surface area (Å²) < 4.78 is 4.07. The molecule has 3 rings (SSSR count). The number of rotatable bonds is 3. The predicted molar refractivity (Wildman–Crippen MR) is 80.1 cm³/mol. The molecule has 21 heavy (non-hydrogen) atoms. The van der Waals surface area contributed by atoms with E-state index in [1.807, 2.05) is 29.4 Å². The molecule has 0 saturated carbocycles. The van der Waals surface area contributed by atoms with Gasteiger partial charge in [0.2, 0.25) is 5.01 Å². The molecule has 7 heteroatoms. The van der Waals surface area contributed by atoms with Crippen molar-refractivity contribution in [2.75, 3.05) is 26.2 Å². The first-order valence-corrected chi connectivity index (χ1v) is 7.70. The molecule has 1 aliphatic rings. The molecule has 1 fully saturated rings. The highest BCUT2D eigenvalue weighted by Crippen LogP contribution is 2.12. The molecular weight excluding hydrogens is 286 g/mol. The Bertz CT molecular complexity index is 607. The Morgan fingerprint density at radius 1 is 1.24 bits per heavy atom. The largest absolute Gasteiger partial charge is 0.334 e. The molecule has 1 saturated heterocycles. The molecule has 6 nitrogen and oxygen atoms in total. The molecule has 0 N–H and O–H groups in total. The van der Waals surface area contributed by atoms with Crippen molar-refractivity contribution >= 4 is 17.4 Å². The summed E-state index contributed by atoms with van der Waals surface area (Å²) in [7, 11) is 0. The molecule has 0 aromatic carbocycles. The van der Waals surface area contributed by atoms with E-state index in [0.717, 1.165) is 32.7 Å². The summed E-state index contributed by atoms with van der Waals surface area (Å²) in [6, 6.07) is 4.06. The quantitative estimate of drug-likeness (QED) is 0.852. The number of nitrogens with zero attached hydrogens (tertiary/aromatic N) is 5. The van der Waals surface area contributed by atoms with E-state index in [1.165, 1.54) is 17.1 Å². The van der Waals surface area contributed by atoms with Crippen LogP contribution in [0.5, 0.6) is 0 Å². The summed E-state index contributed by atoms with van der Waals surface area (Å²) in [4.78, 5) is 24.7. The molecule has 2 aromatic rings. The average molecular weight is 303 g/mol. The van der Waals surface area contributed by atoms with Gasteiger partial charge in [0.1, 0.15) is 5.82 Å². The van der Waals surface area contributed by atoms with E-state index in [-0.39, 0.29) is 5.91 Å². The monoisotopic (exact) mass is 303 g/mol. The first kappa shape index (κ1) is 14.1. The van der Waals surface area contributed by atoms with E-state index < -0.39 is 0 Å². The maximum atomic E-state index is 12.3. The number of hydrogen-bond acceptors (Lipinski definition) is 6. The van der Waals surface area contributed by atoms with Crippen LogP contribution >= 0.6 is 11.5 Å². The lowest BCUT2D eigenvalue weighted by molar-refractivity contribution is 0.0628. The number of carbonyl (C=O) groups is 1. The van der Waals surface area contributed by atoms with Crippen LogP contribution in [-0.2, 0) is 6.54 Å². The fraction of sp³-hybridized carbons (Fsp3) is 0.429. The number of carbonyl (C=O) groups excluding carboxylic acids is 1. The molecule has 1 aliphatic heterocycles. The second-order valence-electron chi connectivity index (χ2n) is 5.07. The van der Waals surface area contributed by atoms with E-state index in [4.69, 9.17) is 0 Å². The van der Waals surface area contributed by atoms with Crippen LogP contribution in [-0.4, -0.2) is 56.2 Å². The van der Waals surface area contributed by atoms with Crippen molar-refractivity contribution in [3.63, 3.8) is 0 Å². The summed E-state index contributed by atoms with van der Waals surface area (Å²) >= 11 is 1.18. The summed E-state index contributed by atoms with van der Waals surface area (Å²) in [5.74, 6) is 0.670. The highest BCUT2D eigenvalue weighted by atomic mass is 32.1. The Hall–Kier alpha value is -1.86. The van der Waals surface area contributed by atoms with Gasteiger partial charge in [0.25, 0.3) is 5.91 Å². The fourth-order valence-corrected chi connectivity index (χ4v) is 3.01. The van der Waals surface area contributed by atoms with Gasteiger partial charge < -0.3 is 4.90 Å². The molecule has 3 heterocycles. The third kappa shape index (κ3) is 3.43. The molecule has 110 valence electrons. The first-order valence-electron chi connectivity index (χ1n) is 6.93. The van der Waals surface area contributed by atoms with Crippen LogP contribution in [0.1, 0.15) is 21.2 Å². The van der Waals surface area contributed by atoms with Crippen LogP contribution in [0.3, 0.4) is 0 Å². The summed E-state index contributed by atoms with van der Waals surface area (Å²) in [5, 5.41) is 0.495. The van der Waals surface area contributed by atoms with Crippen molar-refractivity contribution in [2.45, 2.75) is 13.5 Å². The second kappa shape index (κ2) is 6.28. The van der Waals surface area contributed by atoms with Crippen LogP contribution < -0.4 is 0 Å². The lowest BCUT2D eigenvalue weighted by atomic mass is 10.2. The van der Waals surface area contributed by atoms with Gasteiger partial charge in [-0.1, -0.05) is 0 Å². The van der Waals surface area contributed by atoms with E-state index in [0.29, 0.717) is 10.8 Å². The number of pyridine rings is 1. The van der Waals surface area contributed by atoms with Crippen molar-refractivity contribution < 1.29 is 4.79 Å². The fourth-order valence-electron chi connectivity index (χ4n) is 2.37. The second-order valence-corrected chi connectivity index (χ2v) is 5.82. The number of aryl methyl sites for hydroxylation is 1. The maximum absolute atomic E-state index is 12.3. The van der Waals surface area contributed by atoms with E-state index in [1.54, 1.807) is 6.92 Å². The number of piperazine rings is 1. The van der Waals surface area contributed by atoms with Gasteiger partial charge in [-0.2, -0.15) is 4.37 Å². The minimum absolute atomic E-state index is 0.00385. The smallest absolute Gasteiger partial charge is 0.284 e. The van der Waals surface area contributed by atoms with Crippen molar-refractivity contribution in [3.8, 4) is 0 Å². The van der Waals surface area contributed by atoms with Gasteiger partial charge in [0.15, 0.2) is 0 Å². The van der Waals surface area contributed by atoms with Crippen LogP contribution in [0, 0.1) is 6.92 Å². The van der Waals surface area contributed by atoms with E-state index in [2.05, 4.69) is 19.2 Å². The minimum Gasteiger partial charge on any atom is -0.334 e. The third-order valence-corrected chi connectivity index (χ3v) is 4.32. The zero-order valence-electron chi connectivity index (χ0n) is 11.9. The van der Waals surface area contributed by atoms with E-state index in [9.17, 15) is 4.79 Å². The number of hydrogen-bond donors (Lipinski definition) is 0. The summed E-state index contributed by atoms with van der Waals surface area (Å²) in [6.07, 6.45) is 3.62. The first-order chi connectivity index (χ1) is 10.2. The van der Waals surface area contributed by atoms with Gasteiger partial charge in [0.05, 0.1) is 0 Å². The molecule has 2 aromatic heterocycles. The predicted octanol–water partition coefficient (Wildman–Crippen LogP) is 1.20. The molecule has 0 unspecified atom stereocenters. The zero-order chi connectivity index (χ0) is 14.7. The Kier molecular flexibility index (Phi) is 4.21. The SMILES string of the molecule is Cc1nsc(C(=O)N2CCN(Cc3ccncc3)CC2)n1. The van der Waals surface area contributed by atoms with Crippen LogP contribution in [0.25, 0.3) is 0 Å². The van der Waals surface area contributed by atoms with Gasteiger partial charge >= 0.3 is 0 Å². The Balaban J connectivity index is 1.54. The van der Waals surface area contributed by atoms with Gasteiger partial charge in [0, 0.05) is 45.1 Å². The Morgan fingerprint density at radius 2 is 1.95 bits per heavy atom. The maximum Gasteiger partial charge on any atom is 0.284 e. The van der Waals surface area contributed by atoms with Gasteiger partial charge in [-0.15, -0.1) is 0 Å². The van der Waals surface area contributed by atoms with Crippen molar-refractivity contribution in [2.24, 2.45) is 0 Å². The van der Waals surface area contributed by atoms with Crippen molar-refractivity contribution in [1.29, 1.82) is 0 Å². The van der Waals surface area contributed by atoms with Crippen LogP contribution in [0.2, 0.25) is 0 Å². The molecule has 0 aliphatic carbocycles. The highest BCUT2D eigenvalue weighted by molar-refractivity contribution is 7.07. The number of aromatic nitrogens is 3. The van der Waals surface area contributed by atoms with Gasteiger partial charge in [-0.25, -0.2) is 4.98 Å². The topological polar surface area (TPSA) is 62.2 Å². The lowest BCUT2D eigenvalue weighted by Gasteiger charge is -2.34. The van der Waals surface area contributed by atoms with E-state index >= 15 is 0 Å². The third-order valence-electron chi connectivity index (χ3n) is 3.53.